The Morgan fingerprint density at radius 3 is 2.32 bits per heavy atom. The van der Waals surface area contributed by atoms with Gasteiger partial charge < -0.3 is 15.2 Å². The molecule has 0 aliphatic rings. The first kappa shape index (κ1) is 21.9. The summed E-state index contributed by atoms with van der Waals surface area (Å²) in [5, 5.41) is 14.0. The number of rotatable bonds is 8. The average Bonchev–Trinajstić information content (AvgIpc) is 2.77. The maximum atomic E-state index is 13.2. The normalized spacial score (nSPS) is 10.8. The number of aromatic hydroxyl groups is 1. The lowest BCUT2D eigenvalue weighted by molar-refractivity contribution is 0.102. The van der Waals surface area contributed by atoms with E-state index in [0.717, 1.165) is 11.1 Å². The van der Waals surface area contributed by atoms with Crippen LogP contribution in [0.25, 0.3) is 12.2 Å². The third kappa shape index (κ3) is 5.64. The zero-order valence-corrected chi connectivity index (χ0v) is 17.9. The number of para-hydroxylation sites is 1. The van der Waals surface area contributed by atoms with Crippen LogP contribution in [-0.2, 0) is 6.42 Å². The number of phenols is 1. The van der Waals surface area contributed by atoms with E-state index in [-0.39, 0.29) is 17.2 Å². The minimum Gasteiger partial charge on any atom is -0.507 e. The smallest absolute Gasteiger partial charge is 0.260 e. The highest BCUT2D eigenvalue weighted by atomic mass is 16.5. The van der Waals surface area contributed by atoms with Crippen molar-refractivity contribution in [3.05, 3.63) is 101 Å². The van der Waals surface area contributed by atoms with E-state index in [2.05, 4.69) is 11.9 Å². The minimum absolute atomic E-state index is 0.0678. The number of carbonyl (C=O) groups is 1. The standard InChI is InChI=1S/C27H27NO3/c1-19(2)14-17-23-24(31-3)18-21(16-15-20-10-6-4-7-11-20)25(26(23)29)27(30)28-22-12-8-5-9-13-22/h4-13,15-16,18,29H,1,14,17H2,2-3H3,(H,28,30)/b16-15+. The van der Waals surface area contributed by atoms with Gasteiger partial charge in [0.05, 0.1) is 12.7 Å². The third-order valence-electron chi connectivity index (χ3n) is 4.93. The van der Waals surface area contributed by atoms with E-state index in [0.29, 0.717) is 35.4 Å². The Labute approximate surface area is 183 Å². The SMILES string of the molecule is C=C(C)CCc1c(OC)cc(/C=C/c2ccccc2)c(C(=O)Nc2ccccc2)c1O. The van der Waals surface area contributed by atoms with Crippen LogP contribution in [-0.4, -0.2) is 18.1 Å². The van der Waals surface area contributed by atoms with E-state index in [4.69, 9.17) is 4.74 Å². The fourth-order valence-electron chi connectivity index (χ4n) is 3.30. The van der Waals surface area contributed by atoms with Crippen LogP contribution in [0.4, 0.5) is 5.69 Å². The fourth-order valence-corrected chi connectivity index (χ4v) is 3.30. The first-order valence-corrected chi connectivity index (χ1v) is 10.2. The number of allylic oxidation sites excluding steroid dienone is 1. The zero-order chi connectivity index (χ0) is 22.2. The Kier molecular flexibility index (Phi) is 7.28. The number of ether oxygens (including phenoxy) is 1. The molecule has 31 heavy (non-hydrogen) atoms. The molecule has 0 aromatic heterocycles. The first-order valence-electron chi connectivity index (χ1n) is 10.2. The van der Waals surface area contributed by atoms with Crippen molar-refractivity contribution in [3.63, 3.8) is 0 Å². The second kappa shape index (κ2) is 10.3. The number of phenolic OH excluding ortho intramolecular Hbond substituents is 1. The second-order valence-electron chi connectivity index (χ2n) is 7.39. The summed E-state index contributed by atoms with van der Waals surface area (Å²) in [5.74, 6) is 0.0973. The summed E-state index contributed by atoms with van der Waals surface area (Å²) in [6.45, 7) is 5.87. The van der Waals surface area contributed by atoms with Crippen molar-refractivity contribution in [2.24, 2.45) is 0 Å². The molecule has 3 aromatic carbocycles. The number of benzene rings is 3. The van der Waals surface area contributed by atoms with Crippen LogP contribution in [0.5, 0.6) is 11.5 Å². The van der Waals surface area contributed by atoms with E-state index in [9.17, 15) is 9.90 Å². The molecule has 0 spiro atoms. The van der Waals surface area contributed by atoms with Gasteiger partial charge in [-0.3, -0.25) is 4.79 Å². The summed E-state index contributed by atoms with van der Waals surface area (Å²) in [7, 11) is 1.56. The molecule has 158 valence electrons. The number of amides is 1. The Bertz CT molecular complexity index is 1090. The Hall–Kier alpha value is -3.79. The topological polar surface area (TPSA) is 58.6 Å². The molecular formula is C27H27NO3. The molecule has 0 heterocycles. The average molecular weight is 414 g/mol. The van der Waals surface area contributed by atoms with E-state index in [1.165, 1.54) is 0 Å². The Morgan fingerprint density at radius 2 is 1.71 bits per heavy atom. The van der Waals surface area contributed by atoms with Crippen LogP contribution in [0.2, 0.25) is 0 Å². The van der Waals surface area contributed by atoms with Crippen LogP contribution in [0, 0.1) is 0 Å². The number of hydrogen-bond acceptors (Lipinski definition) is 3. The Balaban J connectivity index is 2.08. The lowest BCUT2D eigenvalue weighted by atomic mass is 9.95. The van der Waals surface area contributed by atoms with Crippen molar-refractivity contribution in [3.8, 4) is 11.5 Å². The molecule has 0 saturated carbocycles. The van der Waals surface area contributed by atoms with Crippen molar-refractivity contribution < 1.29 is 14.6 Å². The molecule has 4 nitrogen and oxygen atoms in total. The highest BCUT2D eigenvalue weighted by molar-refractivity contribution is 6.09. The van der Waals surface area contributed by atoms with Crippen LogP contribution in [0.1, 0.15) is 40.4 Å². The van der Waals surface area contributed by atoms with Gasteiger partial charge in [-0.15, -0.1) is 6.58 Å². The van der Waals surface area contributed by atoms with E-state index >= 15 is 0 Å². The minimum atomic E-state index is -0.379. The lowest BCUT2D eigenvalue weighted by Crippen LogP contribution is -2.15. The van der Waals surface area contributed by atoms with Crippen LogP contribution >= 0.6 is 0 Å². The third-order valence-corrected chi connectivity index (χ3v) is 4.93. The lowest BCUT2D eigenvalue weighted by Gasteiger charge is -2.17. The summed E-state index contributed by atoms with van der Waals surface area (Å²) < 4.78 is 5.55. The monoisotopic (exact) mass is 413 g/mol. The highest BCUT2D eigenvalue weighted by Crippen LogP contribution is 2.37. The van der Waals surface area contributed by atoms with Gasteiger partial charge in [0.15, 0.2) is 0 Å². The maximum absolute atomic E-state index is 13.2. The fraction of sp³-hybridized carbons (Fsp3) is 0.148. The summed E-state index contributed by atoms with van der Waals surface area (Å²) in [5.41, 5.74) is 4.02. The van der Waals surface area contributed by atoms with Gasteiger partial charge in [-0.25, -0.2) is 0 Å². The van der Waals surface area contributed by atoms with Crippen LogP contribution in [0.15, 0.2) is 78.9 Å². The van der Waals surface area contributed by atoms with Gasteiger partial charge in [-0.1, -0.05) is 66.3 Å². The molecule has 4 heteroatoms. The number of carbonyl (C=O) groups excluding carboxylic acids is 1. The largest absolute Gasteiger partial charge is 0.507 e. The van der Waals surface area contributed by atoms with Gasteiger partial charge >= 0.3 is 0 Å². The molecule has 0 fully saturated rings. The molecule has 2 N–H and O–H groups in total. The molecule has 1 amide bonds. The molecule has 0 aliphatic heterocycles. The van der Waals surface area contributed by atoms with Crippen LogP contribution in [0.3, 0.4) is 0 Å². The quantitative estimate of drug-likeness (QED) is 0.335. The van der Waals surface area contributed by atoms with Crippen molar-refractivity contribution >= 4 is 23.7 Å². The summed E-state index contributed by atoms with van der Waals surface area (Å²) in [6.07, 6.45) is 4.93. The maximum Gasteiger partial charge on any atom is 0.260 e. The van der Waals surface area contributed by atoms with Crippen molar-refractivity contribution in [1.29, 1.82) is 0 Å². The van der Waals surface area contributed by atoms with Gasteiger partial charge in [-0.2, -0.15) is 0 Å². The van der Waals surface area contributed by atoms with Gasteiger partial charge in [0.25, 0.3) is 5.91 Å². The van der Waals surface area contributed by atoms with E-state index in [1.54, 1.807) is 25.3 Å². The molecule has 0 atom stereocenters. The molecule has 0 unspecified atom stereocenters. The van der Waals surface area contributed by atoms with Crippen molar-refractivity contribution in [2.45, 2.75) is 19.8 Å². The van der Waals surface area contributed by atoms with Gasteiger partial charge in [0, 0.05) is 11.3 Å². The number of anilines is 1. The predicted octanol–water partition coefficient (Wildman–Crippen LogP) is 6.33. The van der Waals surface area contributed by atoms with Gasteiger partial charge in [0.1, 0.15) is 11.5 Å². The van der Waals surface area contributed by atoms with Gasteiger partial charge in [0.2, 0.25) is 0 Å². The molecular weight excluding hydrogens is 386 g/mol. The first-order chi connectivity index (χ1) is 15.0. The van der Waals surface area contributed by atoms with E-state index in [1.807, 2.05) is 67.6 Å². The van der Waals surface area contributed by atoms with Gasteiger partial charge in [-0.05, 0) is 49.1 Å². The molecule has 0 radical (unpaired) electrons. The molecule has 3 rings (SSSR count). The number of nitrogens with one attached hydrogen (secondary N) is 1. The molecule has 0 bridgehead atoms. The van der Waals surface area contributed by atoms with E-state index < -0.39 is 0 Å². The second-order valence-corrected chi connectivity index (χ2v) is 7.39. The summed E-state index contributed by atoms with van der Waals surface area (Å²) in [6, 6.07) is 20.8. The highest BCUT2D eigenvalue weighted by Gasteiger charge is 2.22. The zero-order valence-electron chi connectivity index (χ0n) is 17.9. The summed E-state index contributed by atoms with van der Waals surface area (Å²) in [4.78, 5) is 13.2. The molecule has 0 aliphatic carbocycles. The predicted molar refractivity (Wildman–Crippen MR) is 128 cm³/mol. The summed E-state index contributed by atoms with van der Waals surface area (Å²) >= 11 is 0. The Morgan fingerprint density at radius 1 is 1.06 bits per heavy atom. The number of methoxy groups -OCH3 is 1. The molecule has 3 aromatic rings. The van der Waals surface area contributed by atoms with Crippen LogP contribution < -0.4 is 10.1 Å². The van der Waals surface area contributed by atoms with Crippen molar-refractivity contribution in [2.75, 3.05) is 12.4 Å². The van der Waals surface area contributed by atoms with Crippen molar-refractivity contribution in [1.82, 2.24) is 0 Å². The number of hydrogen-bond donors (Lipinski definition) is 2. The molecule has 0 saturated heterocycles.